The van der Waals surface area contributed by atoms with E-state index in [9.17, 15) is 9.00 Å². The zero-order valence-electron chi connectivity index (χ0n) is 29.9. The van der Waals surface area contributed by atoms with Crippen molar-refractivity contribution in [3.05, 3.63) is 90.0 Å². The number of rotatable bonds is 17. The number of ether oxygens (including phenoxy) is 2. The van der Waals surface area contributed by atoms with Gasteiger partial charge in [0.15, 0.2) is 0 Å². The summed E-state index contributed by atoms with van der Waals surface area (Å²) >= 11 is 0. The lowest BCUT2D eigenvalue weighted by Gasteiger charge is -2.30. The minimum absolute atomic E-state index is 0.125. The van der Waals surface area contributed by atoms with Crippen molar-refractivity contribution in [1.29, 1.82) is 0 Å². The molecule has 1 aromatic heterocycles. The van der Waals surface area contributed by atoms with Crippen molar-refractivity contribution in [2.75, 3.05) is 43.1 Å². The molecule has 2 heterocycles. The van der Waals surface area contributed by atoms with Gasteiger partial charge in [0.2, 0.25) is 0 Å². The second-order valence-corrected chi connectivity index (χ2v) is 14.6. The molecule has 1 amide bonds. The molecule has 0 aliphatic carbocycles. The van der Waals surface area contributed by atoms with E-state index < -0.39 is 10.8 Å². The maximum atomic E-state index is 13.7. The van der Waals surface area contributed by atoms with E-state index in [-0.39, 0.29) is 5.91 Å². The molecule has 0 unspecified atom stereocenters. The average molecular weight is 698 g/mol. The Hall–Kier alpha value is -4.28. The van der Waals surface area contributed by atoms with Crippen molar-refractivity contribution < 1.29 is 18.5 Å². The van der Waals surface area contributed by atoms with Gasteiger partial charge in [0, 0.05) is 48.1 Å². The van der Waals surface area contributed by atoms with Crippen molar-refractivity contribution in [2.24, 2.45) is 5.92 Å². The number of nitrogens with one attached hydrogen (secondary N) is 1. The number of amides is 1. The number of hydrogen-bond acceptors (Lipinski definition) is 7. The molecule has 0 saturated carbocycles. The van der Waals surface area contributed by atoms with Crippen LogP contribution in [0.25, 0.3) is 17.2 Å². The molecule has 1 aliphatic rings. The lowest BCUT2D eigenvalue weighted by atomic mass is 9.96. The van der Waals surface area contributed by atoms with E-state index in [4.69, 9.17) is 9.47 Å². The van der Waals surface area contributed by atoms with Gasteiger partial charge in [-0.1, -0.05) is 52.3 Å². The standard InChI is InChI=1S/C40H51N5O4S/c1-5-7-22-48-23-24-49-36-15-10-31(11-16-36)32-12-19-38-34(25-32)26-33(9-8-21-44(38)27-30(3)4)40(46)42-35-13-17-37(18-14-35)50(47)28-39-43-41-29-45(39)20-6-2/h10-19,25-26,29-30H,5-9,20-24,27-28H2,1-4H3,(H,42,46)/t50-/m0/s1. The summed E-state index contributed by atoms with van der Waals surface area (Å²) in [7, 11) is -1.28. The number of unbranched alkanes of at least 4 members (excludes halogenated alkanes) is 1. The molecule has 0 fully saturated rings. The minimum atomic E-state index is -1.28. The number of aryl methyl sites for hydroxylation is 1. The summed E-state index contributed by atoms with van der Waals surface area (Å²) in [4.78, 5) is 16.8. The van der Waals surface area contributed by atoms with E-state index in [1.165, 1.54) is 0 Å². The molecular weight excluding hydrogens is 647 g/mol. The second kappa shape index (κ2) is 18.6. The van der Waals surface area contributed by atoms with Crippen LogP contribution in [0.1, 0.15) is 71.2 Å². The largest absolute Gasteiger partial charge is 0.491 e. The Morgan fingerprint density at radius 1 is 0.960 bits per heavy atom. The number of nitrogens with zero attached hydrogens (tertiary/aromatic N) is 4. The fourth-order valence-electron chi connectivity index (χ4n) is 6.02. The van der Waals surface area contributed by atoms with E-state index in [2.05, 4.69) is 78.4 Å². The number of hydrogen-bond donors (Lipinski definition) is 1. The Balaban J connectivity index is 1.30. The minimum Gasteiger partial charge on any atom is -0.491 e. The number of anilines is 2. The summed E-state index contributed by atoms with van der Waals surface area (Å²) in [5.41, 5.74) is 5.73. The van der Waals surface area contributed by atoms with Gasteiger partial charge in [-0.3, -0.25) is 9.00 Å². The van der Waals surface area contributed by atoms with Crippen molar-refractivity contribution in [2.45, 2.75) is 77.0 Å². The summed E-state index contributed by atoms with van der Waals surface area (Å²) in [5.74, 6) is 2.20. The number of benzene rings is 3. The maximum absolute atomic E-state index is 13.7. The zero-order chi connectivity index (χ0) is 35.3. The smallest absolute Gasteiger partial charge is 0.251 e. The molecule has 10 heteroatoms. The Labute approximate surface area is 299 Å². The highest BCUT2D eigenvalue weighted by Gasteiger charge is 2.20. The SMILES string of the molecule is CCCCOCCOc1ccc(-c2ccc3c(c2)C=C(C(=O)Nc2ccc([S@@](=O)Cc4nncn4CCC)cc2)CCCN3CC(C)C)cc1. The van der Waals surface area contributed by atoms with E-state index in [1.807, 2.05) is 47.0 Å². The number of carbonyl (C=O) groups is 1. The number of carbonyl (C=O) groups excluding carboxylic acids is 1. The van der Waals surface area contributed by atoms with Crippen LogP contribution in [0.4, 0.5) is 11.4 Å². The molecule has 5 rings (SSSR count). The van der Waals surface area contributed by atoms with Crippen LogP contribution < -0.4 is 15.0 Å². The molecule has 0 bridgehead atoms. The molecular formula is C40H51N5O4S. The first-order valence-corrected chi connectivity index (χ1v) is 19.2. The van der Waals surface area contributed by atoms with Crippen molar-refractivity contribution in [1.82, 2.24) is 14.8 Å². The van der Waals surface area contributed by atoms with Crippen LogP contribution in [0.2, 0.25) is 0 Å². The molecule has 4 aromatic rings. The van der Waals surface area contributed by atoms with Gasteiger partial charge in [0.1, 0.15) is 24.5 Å². The molecule has 1 aliphatic heterocycles. The van der Waals surface area contributed by atoms with Crippen molar-refractivity contribution >= 4 is 34.2 Å². The summed E-state index contributed by atoms with van der Waals surface area (Å²) in [6.45, 7) is 13.2. The fraction of sp³-hybridized carbons (Fsp3) is 0.425. The summed E-state index contributed by atoms with van der Waals surface area (Å²) in [6, 6.07) is 21.9. The molecule has 50 heavy (non-hydrogen) atoms. The molecule has 3 aromatic carbocycles. The van der Waals surface area contributed by atoms with Crippen LogP contribution >= 0.6 is 0 Å². The highest BCUT2D eigenvalue weighted by Crippen LogP contribution is 2.33. The quantitative estimate of drug-likeness (QED) is 0.111. The molecule has 266 valence electrons. The van der Waals surface area contributed by atoms with E-state index in [0.29, 0.717) is 47.7 Å². The summed E-state index contributed by atoms with van der Waals surface area (Å²) < 4.78 is 26.5. The predicted molar refractivity (Wildman–Crippen MR) is 203 cm³/mol. The Morgan fingerprint density at radius 2 is 1.74 bits per heavy atom. The lowest BCUT2D eigenvalue weighted by Crippen LogP contribution is -2.30. The van der Waals surface area contributed by atoms with E-state index in [0.717, 1.165) is 85.6 Å². The second-order valence-electron chi connectivity index (χ2n) is 13.1. The van der Waals surface area contributed by atoms with Crippen LogP contribution in [-0.4, -0.2) is 57.8 Å². The maximum Gasteiger partial charge on any atom is 0.251 e. The number of fused-ring (bicyclic) bond motifs is 1. The third kappa shape index (κ3) is 10.4. The third-order valence-corrected chi connectivity index (χ3v) is 9.89. The van der Waals surface area contributed by atoms with E-state index in [1.54, 1.807) is 6.33 Å². The average Bonchev–Trinajstić information content (AvgIpc) is 3.54. The predicted octanol–water partition coefficient (Wildman–Crippen LogP) is 8.14. The first kappa shape index (κ1) is 37.0. The highest BCUT2D eigenvalue weighted by molar-refractivity contribution is 7.84. The third-order valence-electron chi connectivity index (χ3n) is 8.57. The summed E-state index contributed by atoms with van der Waals surface area (Å²) in [5, 5.41) is 11.2. The Morgan fingerprint density at radius 3 is 2.48 bits per heavy atom. The molecule has 9 nitrogen and oxygen atoms in total. The van der Waals surface area contributed by atoms with Gasteiger partial charge in [-0.15, -0.1) is 10.2 Å². The van der Waals surface area contributed by atoms with Gasteiger partial charge < -0.3 is 24.3 Å². The van der Waals surface area contributed by atoms with E-state index >= 15 is 0 Å². The molecule has 0 radical (unpaired) electrons. The van der Waals surface area contributed by atoms with Crippen molar-refractivity contribution in [3.63, 3.8) is 0 Å². The Kier molecular flexibility index (Phi) is 13.8. The summed E-state index contributed by atoms with van der Waals surface area (Å²) in [6.07, 6.45) is 8.41. The molecule has 0 spiro atoms. The zero-order valence-corrected chi connectivity index (χ0v) is 30.7. The van der Waals surface area contributed by atoms with Crippen LogP contribution in [0.15, 0.2) is 83.5 Å². The van der Waals surface area contributed by atoms with Gasteiger partial charge in [-0.25, -0.2) is 0 Å². The van der Waals surface area contributed by atoms with Gasteiger partial charge in [-0.05, 0) is 103 Å². The highest BCUT2D eigenvalue weighted by atomic mass is 32.2. The van der Waals surface area contributed by atoms with Crippen LogP contribution in [-0.2, 0) is 32.6 Å². The fourth-order valence-corrected chi connectivity index (χ4v) is 7.08. The lowest BCUT2D eigenvalue weighted by molar-refractivity contribution is -0.112. The van der Waals surface area contributed by atoms with Crippen LogP contribution in [0.5, 0.6) is 5.75 Å². The molecule has 1 atom stereocenters. The molecule has 0 saturated heterocycles. The van der Waals surface area contributed by atoms with Crippen LogP contribution in [0, 0.1) is 5.92 Å². The normalized spacial score (nSPS) is 13.7. The first-order valence-electron chi connectivity index (χ1n) is 17.9. The van der Waals surface area contributed by atoms with Gasteiger partial charge in [-0.2, -0.15) is 0 Å². The topological polar surface area (TPSA) is 98.6 Å². The first-order chi connectivity index (χ1) is 24.3. The molecule has 1 N–H and O–H groups in total. The Bertz CT molecular complexity index is 1730. The van der Waals surface area contributed by atoms with Gasteiger partial charge in [0.25, 0.3) is 5.91 Å². The van der Waals surface area contributed by atoms with Crippen LogP contribution in [0.3, 0.4) is 0 Å². The monoisotopic (exact) mass is 697 g/mol. The van der Waals surface area contributed by atoms with Crippen molar-refractivity contribution in [3.8, 4) is 16.9 Å². The number of aromatic nitrogens is 3. The van der Waals surface area contributed by atoms with Gasteiger partial charge in [0.05, 0.1) is 23.2 Å². The van der Waals surface area contributed by atoms with Gasteiger partial charge >= 0.3 is 0 Å².